The fourth-order valence-electron chi connectivity index (χ4n) is 3.23. The van der Waals surface area contributed by atoms with Crippen molar-refractivity contribution in [2.24, 2.45) is 16.7 Å². The Morgan fingerprint density at radius 1 is 0.929 bits per heavy atom. The lowest BCUT2D eigenvalue weighted by Crippen LogP contribution is -2.22. The Kier molecular flexibility index (Phi) is 1.72. The molecule has 0 saturated heterocycles. The van der Waals surface area contributed by atoms with Crippen LogP contribution < -0.4 is 0 Å². The third-order valence-corrected chi connectivity index (χ3v) is 4.65. The van der Waals surface area contributed by atoms with Crippen LogP contribution >= 0.6 is 0 Å². The van der Waals surface area contributed by atoms with Crippen molar-refractivity contribution in [3.8, 4) is 0 Å². The first-order valence-electron chi connectivity index (χ1n) is 6.16. The molecule has 0 radical (unpaired) electrons. The smallest absolute Gasteiger partial charge is 0.00905 e. The van der Waals surface area contributed by atoms with E-state index in [9.17, 15) is 0 Å². The molecule has 0 nitrogen and oxygen atoms in total. The summed E-state index contributed by atoms with van der Waals surface area (Å²) in [6.45, 7) is 2.37. The molecule has 0 N–H and O–H groups in total. The van der Waals surface area contributed by atoms with E-state index in [-0.39, 0.29) is 0 Å². The van der Waals surface area contributed by atoms with Crippen LogP contribution in [-0.4, -0.2) is 0 Å². The molecule has 3 aliphatic rings. The molecule has 14 heavy (non-hydrogen) atoms. The second-order valence-electron chi connectivity index (χ2n) is 5.68. The Morgan fingerprint density at radius 2 is 1.50 bits per heavy atom. The van der Waals surface area contributed by atoms with Gasteiger partial charge < -0.3 is 0 Å². The van der Waals surface area contributed by atoms with E-state index in [1.54, 1.807) is 0 Å². The zero-order valence-electron chi connectivity index (χ0n) is 9.13. The van der Waals surface area contributed by atoms with Crippen LogP contribution in [0.5, 0.6) is 0 Å². The van der Waals surface area contributed by atoms with Gasteiger partial charge >= 0.3 is 0 Å². The van der Waals surface area contributed by atoms with Crippen LogP contribution in [0.25, 0.3) is 0 Å². The molecule has 2 spiro atoms. The minimum Gasteiger partial charge on any atom is -0.0777 e. The normalized spacial score (nSPS) is 36.5. The summed E-state index contributed by atoms with van der Waals surface area (Å²) in [5, 5.41) is 0. The van der Waals surface area contributed by atoms with E-state index < -0.39 is 0 Å². The summed E-state index contributed by atoms with van der Waals surface area (Å²) in [6.07, 6.45) is 18.6. The van der Waals surface area contributed by atoms with Crippen LogP contribution in [0.3, 0.4) is 0 Å². The van der Waals surface area contributed by atoms with Crippen molar-refractivity contribution in [1.82, 2.24) is 0 Å². The number of rotatable bonds is 0. The van der Waals surface area contributed by atoms with Gasteiger partial charge in [0, 0.05) is 10.8 Å². The quantitative estimate of drug-likeness (QED) is 0.502. The molecule has 0 heteroatoms. The Balaban J connectivity index is 1.80. The second kappa shape index (κ2) is 2.74. The van der Waals surface area contributed by atoms with Crippen LogP contribution in [0.15, 0.2) is 24.3 Å². The molecule has 0 aromatic rings. The summed E-state index contributed by atoms with van der Waals surface area (Å²) in [7, 11) is 0. The summed E-state index contributed by atoms with van der Waals surface area (Å²) < 4.78 is 0. The average molecular weight is 188 g/mol. The SMILES string of the molecule is CC1CC12C=CC1(C=C2)CCCCC1. The van der Waals surface area contributed by atoms with Gasteiger partial charge in [0.05, 0.1) is 0 Å². The highest BCUT2D eigenvalue weighted by molar-refractivity contribution is 5.32. The van der Waals surface area contributed by atoms with Crippen molar-refractivity contribution < 1.29 is 0 Å². The topological polar surface area (TPSA) is 0 Å². The minimum atomic E-state index is 0.478. The van der Waals surface area contributed by atoms with Crippen molar-refractivity contribution in [3.63, 3.8) is 0 Å². The van der Waals surface area contributed by atoms with Crippen molar-refractivity contribution >= 4 is 0 Å². The molecular formula is C14H20. The molecule has 0 amide bonds. The predicted molar refractivity (Wildman–Crippen MR) is 60.0 cm³/mol. The standard InChI is InChI=1S/C14H20/c1-12-11-14(12)9-7-13(8-10-14)5-3-2-4-6-13/h7-10,12H,2-6,11H2,1H3. The van der Waals surface area contributed by atoms with Gasteiger partial charge in [-0.15, -0.1) is 0 Å². The maximum absolute atomic E-state index is 2.54. The summed E-state index contributed by atoms with van der Waals surface area (Å²) in [6, 6.07) is 0. The lowest BCUT2D eigenvalue weighted by atomic mass is 9.70. The molecule has 0 aromatic heterocycles. The lowest BCUT2D eigenvalue weighted by molar-refractivity contribution is 0.318. The van der Waals surface area contributed by atoms with Gasteiger partial charge in [-0.3, -0.25) is 0 Å². The maximum atomic E-state index is 2.54. The summed E-state index contributed by atoms with van der Waals surface area (Å²) in [4.78, 5) is 0. The first kappa shape index (κ1) is 8.76. The van der Waals surface area contributed by atoms with Crippen LogP contribution in [0.4, 0.5) is 0 Å². The van der Waals surface area contributed by atoms with E-state index in [0.717, 1.165) is 5.92 Å². The number of allylic oxidation sites excluding steroid dienone is 4. The lowest BCUT2D eigenvalue weighted by Gasteiger charge is -2.34. The van der Waals surface area contributed by atoms with E-state index in [1.807, 2.05) is 0 Å². The van der Waals surface area contributed by atoms with E-state index in [0.29, 0.717) is 10.8 Å². The Hall–Kier alpha value is -0.520. The van der Waals surface area contributed by atoms with Crippen LogP contribution in [0.2, 0.25) is 0 Å². The molecule has 3 rings (SSSR count). The highest BCUT2D eigenvalue weighted by Crippen LogP contribution is 2.58. The Morgan fingerprint density at radius 3 is 2.00 bits per heavy atom. The van der Waals surface area contributed by atoms with E-state index >= 15 is 0 Å². The van der Waals surface area contributed by atoms with Crippen molar-refractivity contribution in [2.75, 3.05) is 0 Å². The highest BCUT2D eigenvalue weighted by Gasteiger charge is 2.49. The fraction of sp³-hybridized carbons (Fsp3) is 0.714. The molecule has 0 aromatic carbocycles. The Labute approximate surface area is 87.1 Å². The zero-order chi connectivity index (χ0) is 9.65. The van der Waals surface area contributed by atoms with E-state index in [2.05, 4.69) is 31.2 Å². The molecular weight excluding hydrogens is 168 g/mol. The van der Waals surface area contributed by atoms with Gasteiger partial charge in [0.1, 0.15) is 0 Å². The average Bonchev–Trinajstić information content (AvgIpc) is 2.85. The van der Waals surface area contributed by atoms with E-state index in [4.69, 9.17) is 0 Å². The zero-order valence-corrected chi connectivity index (χ0v) is 9.13. The van der Waals surface area contributed by atoms with Gasteiger partial charge in [-0.2, -0.15) is 0 Å². The molecule has 76 valence electrons. The molecule has 0 aliphatic heterocycles. The number of hydrogen-bond donors (Lipinski definition) is 0. The molecule has 3 aliphatic carbocycles. The fourth-order valence-corrected chi connectivity index (χ4v) is 3.23. The summed E-state index contributed by atoms with van der Waals surface area (Å²) in [5.41, 5.74) is 0.981. The van der Waals surface area contributed by atoms with Gasteiger partial charge in [-0.25, -0.2) is 0 Å². The minimum absolute atomic E-state index is 0.478. The molecule has 0 heterocycles. The monoisotopic (exact) mass is 188 g/mol. The summed E-state index contributed by atoms with van der Waals surface area (Å²) >= 11 is 0. The highest BCUT2D eigenvalue weighted by atomic mass is 14.5. The van der Waals surface area contributed by atoms with Crippen LogP contribution in [0, 0.1) is 16.7 Å². The summed E-state index contributed by atoms with van der Waals surface area (Å²) in [5.74, 6) is 0.899. The first-order valence-corrected chi connectivity index (χ1v) is 6.16. The molecule has 1 atom stereocenters. The van der Waals surface area contributed by atoms with Gasteiger partial charge in [0.2, 0.25) is 0 Å². The maximum Gasteiger partial charge on any atom is 0.00905 e. The molecule has 2 saturated carbocycles. The first-order chi connectivity index (χ1) is 6.75. The van der Waals surface area contributed by atoms with Gasteiger partial charge in [-0.1, -0.05) is 50.5 Å². The van der Waals surface area contributed by atoms with Gasteiger partial charge in [-0.05, 0) is 25.2 Å². The third-order valence-electron chi connectivity index (χ3n) is 4.65. The van der Waals surface area contributed by atoms with E-state index in [1.165, 1.54) is 38.5 Å². The largest absolute Gasteiger partial charge is 0.0777 e. The second-order valence-corrected chi connectivity index (χ2v) is 5.68. The van der Waals surface area contributed by atoms with Crippen molar-refractivity contribution in [2.45, 2.75) is 45.4 Å². The molecule has 1 unspecified atom stereocenters. The van der Waals surface area contributed by atoms with Crippen molar-refractivity contribution in [1.29, 1.82) is 0 Å². The predicted octanol–water partition coefficient (Wildman–Crippen LogP) is 4.09. The van der Waals surface area contributed by atoms with Crippen LogP contribution in [0.1, 0.15) is 45.4 Å². The van der Waals surface area contributed by atoms with Crippen LogP contribution in [-0.2, 0) is 0 Å². The van der Waals surface area contributed by atoms with Crippen molar-refractivity contribution in [3.05, 3.63) is 24.3 Å². The molecule has 0 bridgehead atoms. The number of hydrogen-bond acceptors (Lipinski definition) is 0. The van der Waals surface area contributed by atoms with Gasteiger partial charge in [0.25, 0.3) is 0 Å². The van der Waals surface area contributed by atoms with Gasteiger partial charge in [0.15, 0.2) is 0 Å². The third kappa shape index (κ3) is 1.20. The Bertz CT molecular complexity index is 273. The molecule has 2 fully saturated rings.